The summed E-state index contributed by atoms with van der Waals surface area (Å²) in [6.45, 7) is 7.38. The van der Waals surface area contributed by atoms with Gasteiger partial charge in [-0.05, 0) is 26.2 Å². The van der Waals surface area contributed by atoms with Gasteiger partial charge in [-0.15, -0.1) is 0 Å². The van der Waals surface area contributed by atoms with Crippen LogP contribution in [-0.2, 0) is 6.54 Å². The number of aromatic nitrogens is 4. The molecule has 0 bridgehead atoms. The third-order valence-corrected chi connectivity index (χ3v) is 5.08. The molecule has 2 aromatic heterocycles. The SMILES string of the molecule is CC/C=C1/C(c2cnn([C@H](C)CCC)c2)=NC(c2cnn(CCCO)c2)=CN1C. The van der Waals surface area contributed by atoms with Crippen LogP contribution in [0.2, 0.25) is 0 Å². The zero-order valence-electron chi connectivity index (χ0n) is 17.9. The van der Waals surface area contributed by atoms with Gasteiger partial charge in [-0.25, -0.2) is 4.99 Å². The highest BCUT2D eigenvalue weighted by atomic mass is 16.3. The number of hydrogen-bond donors (Lipinski definition) is 1. The summed E-state index contributed by atoms with van der Waals surface area (Å²) in [5.74, 6) is 0. The van der Waals surface area contributed by atoms with Crippen molar-refractivity contribution in [2.24, 2.45) is 4.99 Å². The van der Waals surface area contributed by atoms with Crippen LogP contribution in [0.4, 0.5) is 0 Å². The maximum atomic E-state index is 9.04. The summed E-state index contributed by atoms with van der Waals surface area (Å²) in [6, 6.07) is 0.369. The Balaban J connectivity index is 1.94. The van der Waals surface area contributed by atoms with Crippen LogP contribution in [0.25, 0.3) is 5.70 Å². The lowest BCUT2D eigenvalue weighted by Crippen LogP contribution is -2.23. The summed E-state index contributed by atoms with van der Waals surface area (Å²) in [5.41, 5.74) is 4.89. The van der Waals surface area contributed by atoms with Crippen molar-refractivity contribution in [2.45, 2.75) is 59.0 Å². The lowest BCUT2D eigenvalue weighted by atomic mass is 10.1. The molecular formula is C22H32N6O. The molecule has 3 heterocycles. The van der Waals surface area contributed by atoms with Gasteiger partial charge in [0.25, 0.3) is 0 Å². The monoisotopic (exact) mass is 396 g/mol. The summed E-state index contributed by atoms with van der Waals surface area (Å²) in [5, 5.41) is 18.0. The molecule has 0 fully saturated rings. The molecule has 1 atom stereocenters. The van der Waals surface area contributed by atoms with Crippen LogP contribution < -0.4 is 0 Å². The number of aliphatic hydroxyl groups excluding tert-OH is 1. The Bertz CT molecular complexity index is 904. The minimum absolute atomic E-state index is 0.161. The van der Waals surface area contributed by atoms with Gasteiger partial charge in [-0.3, -0.25) is 9.36 Å². The molecule has 7 heteroatoms. The van der Waals surface area contributed by atoms with Crippen molar-refractivity contribution in [2.75, 3.05) is 13.7 Å². The molecule has 0 aliphatic carbocycles. The molecule has 3 rings (SSSR count). The molecule has 0 saturated heterocycles. The summed E-state index contributed by atoms with van der Waals surface area (Å²) >= 11 is 0. The van der Waals surface area contributed by atoms with Gasteiger partial charge in [-0.1, -0.05) is 26.3 Å². The van der Waals surface area contributed by atoms with E-state index in [9.17, 15) is 0 Å². The highest BCUT2D eigenvalue weighted by Crippen LogP contribution is 2.27. The Morgan fingerprint density at radius 2 is 1.93 bits per heavy atom. The molecule has 0 saturated carbocycles. The van der Waals surface area contributed by atoms with Crippen molar-refractivity contribution in [3.8, 4) is 0 Å². The molecular weight excluding hydrogens is 364 g/mol. The molecule has 2 aromatic rings. The van der Waals surface area contributed by atoms with Crippen LogP contribution in [0.5, 0.6) is 0 Å². The van der Waals surface area contributed by atoms with Crippen molar-refractivity contribution in [1.29, 1.82) is 0 Å². The second-order valence-electron chi connectivity index (χ2n) is 7.50. The lowest BCUT2D eigenvalue weighted by Gasteiger charge is -2.25. The number of aliphatic hydroxyl groups is 1. The Morgan fingerprint density at radius 1 is 1.14 bits per heavy atom. The van der Waals surface area contributed by atoms with Gasteiger partial charge in [0.05, 0.1) is 29.5 Å². The van der Waals surface area contributed by atoms with E-state index in [0.717, 1.165) is 47.5 Å². The first kappa shape index (κ1) is 21.0. The predicted octanol–water partition coefficient (Wildman–Crippen LogP) is 3.85. The van der Waals surface area contributed by atoms with E-state index in [0.29, 0.717) is 19.0 Å². The standard InChI is InChI=1S/C22H32N6O/c1-5-8-17(3)28-15-19(13-24-28)22-21(9-6-2)26(4)16-20(25-22)18-12-23-27(14-18)10-7-11-29/h9,12-17,29H,5-8,10-11H2,1-4H3/b21-9-/t17-/m1/s1. The fraction of sp³-hybridized carbons (Fsp3) is 0.500. The van der Waals surface area contributed by atoms with Crippen LogP contribution >= 0.6 is 0 Å². The smallest absolute Gasteiger partial charge is 0.0974 e. The van der Waals surface area contributed by atoms with E-state index in [4.69, 9.17) is 10.1 Å². The van der Waals surface area contributed by atoms with E-state index in [1.165, 1.54) is 0 Å². The molecule has 0 radical (unpaired) electrons. The first-order valence-corrected chi connectivity index (χ1v) is 10.5. The summed E-state index contributed by atoms with van der Waals surface area (Å²) < 4.78 is 3.89. The Morgan fingerprint density at radius 3 is 2.66 bits per heavy atom. The maximum Gasteiger partial charge on any atom is 0.0974 e. The third kappa shape index (κ3) is 4.85. The molecule has 7 nitrogen and oxygen atoms in total. The van der Waals surface area contributed by atoms with Gasteiger partial charge in [0.1, 0.15) is 0 Å². The zero-order valence-corrected chi connectivity index (χ0v) is 17.9. The normalized spacial score (nSPS) is 16.9. The third-order valence-electron chi connectivity index (χ3n) is 5.08. The molecule has 1 N–H and O–H groups in total. The number of aryl methyl sites for hydroxylation is 1. The van der Waals surface area contributed by atoms with Gasteiger partial charge in [0.2, 0.25) is 0 Å². The number of allylic oxidation sites excluding steroid dienone is 2. The van der Waals surface area contributed by atoms with Crippen LogP contribution in [0.3, 0.4) is 0 Å². The molecule has 1 aliphatic heterocycles. The molecule has 29 heavy (non-hydrogen) atoms. The largest absolute Gasteiger partial charge is 0.396 e. The minimum Gasteiger partial charge on any atom is -0.396 e. The highest BCUT2D eigenvalue weighted by molar-refractivity contribution is 6.15. The van der Waals surface area contributed by atoms with E-state index >= 15 is 0 Å². The van der Waals surface area contributed by atoms with E-state index in [2.05, 4.69) is 55.2 Å². The number of nitrogens with zero attached hydrogens (tertiary/aromatic N) is 6. The molecule has 0 spiro atoms. The molecule has 0 unspecified atom stereocenters. The summed E-state index contributed by atoms with van der Waals surface area (Å²) in [6.07, 6.45) is 15.9. The Hall–Kier alpha value is -2.67. The molecule has 0 aromatic carbocycles. The van der Waals surface area contributed by atoms with Crippen molar-refractivity contribution in [3.05, 3.63) is 53.9 Å². The maximum absolute atomic E-state index is 9.04. The lowest BCUT2D eigenvalue weighted by molar-refractivity contribution is 0.277. The first-order valence-electron chi connectivity index (χ1n) is 10.5. The Labute approximate surface area is 173 Å². The zero-order chi connectivity index (χ0) is 20.8. The van der Waals surface area contributed by atoms with E-state index in [-0.39, 0.29) is 6.61 Å². The van der Waals surface area contributed by atoms with Crippen LogP contribution in [0.1, 0.15) is 63.6 Å². The second-order valence-corrected chi connectivity index (χ2v) is 7.50. The summed E-state index contributed by atoms with van der Waals surface area (Å²) in [4.78, 5) is 7.12. The van der Waals surface area contributed by atoms with Gasteiger partial charge >= 0.3 is 0 Å². The summed E-state index contributed by atoms with van der Waals surface area (Å²) in [7, 11) is 2.05. The van der Waals surface area contributed by atoms with Gasteiger partial charge in [0.15, 0.2) is 0 Å². The van der Waals surface area contributed by atoms with E-state index in [1.807, 2.05) is 34.2 Å². The predicted molar refractivity (Wildman–Crippen MR) is 116 cm³/mol. The number of likely N-dealkylation sites (N-methyl/N-ethyl adjacent to an activating group) is 1. The quantitative estimate of drug-likeness (QED) is 0.699. The Kier molecular flexibility index (Phi) is 7.04. The molecule has 0 amide bonds. The van der Waals surface area contributed by atoms with Crippen molar-refractivity contribution < 1.29 is 5.11 Å². The van der Waals surface area contributed by atoms with Gasteiger partial charge in [0, 0.05) is 56.0 Å². The van der Waals surface area contributed by atoms with Crippen molar-refractivity contribution in [1.82, 2.24) is 24.5 Å². The van der Waals surface area contributed by atoms with Crippen molar-refractivity contribution >= 4 is 11.4 Å². The molecule has 1 aliphatic rings. The minimum atomic E-state index is 0.161. The van der Waals surface area contributed by atoms with Crippen LogP contribution in [0, 0.1) is 0 Å². The van der Waals surface area contributed by atoms with Gasteiger partial charge < -0.3 is 10.0 Å². The average molecular weight is 397 g/mol. The number of hydrogen-bond acceptors (Lipinski definition) is 5. The van der Waals surface area contributed by atoms with Crippen LogP contribution in [-0.4, -0.2) is 48.9 Å². The van der Waals surface area contributed by atoms with E-state index in [1.54, 1.807) is 0 Å². The number of aliphatic imine (C=N–C) groups is 1. The first-order chi connectivity index (χ1) is 14.1. The number of rotatable bonds is 9. The molecule has 156 valence electrons. The average Bonchev–Trinajstić information content (AvgIpc) is 3.38. The topological polar surface area (TPSA) is 71.5 Å². The van der Waals surface area contributed by atoms with Crippen molar-refractivity contribution in [3.63, 3.8) is 0 Å². The van der Waals surface area contributed by atoms with Gasteiger partial charge in [-0.2, -0.15) is 10.2 Å². The fourth-order valence-corrected chi connectivity index (χ4v) is 3.51. The van der Waals surface area contributed by atoms with E-state index < -0.39 is 0 Å². The van der Waals surface area contributed by atoms with Crippen LogP contribution in [0.15, 0.2) is 47.8 Å². The second kappa shape index (κ2) is 9.69. The fourth-order valence-electron chi connectivity index (χ4n) is 3.51. The highest BCUT2D eigenvalue weighted by Gasteiger charge is 2.22.